The highest BCUT2D eigenvalue weighted by atomic mass is 35.5. The first-order chi connectivity index (χ1) is 17.2. The predicted molar refractivity (Wildman–Crippen MR) is 136 cm³/mol. The zero-order valence-corrected chi connectivity index (χ0v) is 19.9. The lowest BCUT2D eigenvalue weighted by Gasteiger charge is -2.29. The van der Waals surface area contributed by atoms with E-state index in [-0.39, 0.29) is 34.5 Å². The first-order valence-electron chi connectivity index (χ1n) is 10.7. The Balaban J connectivity index is 1.68. The van der Waals surface area contributed by atoms with Gasteiger partial charge in [-0.1, -0.05) is 71.4 Å². The number of benzene rings is 4. The molecule has 0 saturated carbocycles. The van der Waals surface area contributed by atoms with Gasteiger partial charge in [0.25, 0.3) is 0 Å². The molecule has 1 aliphatic heterocycles. The lowest BCUT2D eigenvalue weighted by atomic mass is 9.95. The largest absolute Gasteiger partial charge is 0.872 e. The molecule has 0 aromatic heterocycles. The molecule has 0 aliphatic carbocycles. The van der Waals surface area contributed by atoms with E-state index in [0.29, 0.717) is 32.3 Å². The normalized spacial score (nSPS) is 15.3. The van der Waals surface area contributed by atoms with E-state index in [1.54, 1.807) is 36.4 Å². The van der Waals surface area contributed by atoms with Crippen LogP contribution in [0.3, 0.4) is 0 Å². The maximum Gasteiger partial charge on any atom is 0.122 e. The van der Waals surface area contributed by atoms with E-state index in [1.165, 1.54) is 17.1 Å². The van der Waals surface area contributed by atoms with Gasteiger partial charge >= 0.3 is 0 Å². The third-order valence-corrected chi connectivity index (χ3v) is 6.63. The SMILES string of the molecule is [O-]c1c(C2=NN(c3ccc(N([O-])O)cc3N(O)O)C(c3ccc(Cl)cc3Cl)C2)ccc2ccccc12. The summed E-state index contributed by atoms with van der Waals surface area (Å²) < 4.78 is 0. The summed E-state index contributed by atoms with van der Waals surface area (Å²) in [7, 11) is 0. The molecule has 1 unspecified atom stereocenters. The van der Waals surface area contributed by atoms with Gasteiger partial charge in [0.2, 0.25) is 0 Å². The molecule has 4 aromatic carbocycles. The molecule has 5 rings (SSSR count). The Labute approximate surface area is 215 Å². The van der Waals surface area contributed by atoms with Crippen LogP contribution in [0.5, 0.6) is 5.75 Å². The van der Waals surface area contributed by atoms with Gasteiger partial charge in [0.1, 0.15) is 5.69 Å². The van der Waals surface area contributed by atoms with Crippen molar-refractivity contribution < 1.29 is 20.7 Å². The Morgan fingerprint density at radius 2 is 1.72 bits per heavy atom. The maximum absolute atomic E-state index is 13.3. The van der Waals surface area contributed by atoms with Gasteiger partial charge in [0.05, 0.1) is 23.1 Å². The van der Waals surface area contributed by atoms with Crippen LogP contribution in [0.15, 0.2) is 77.9 Å². The van der Waals surface area contributed by atoms with Crippen LogP contribution in [0, 0.1) is 5.21 Å². The number of anilines is 3. The smallest absolute Gasteiger partial charge is 0.122 e. The molecule has 0 fully saturated rings. The van der Waals surface area contributed by atoms with Crippen molar-refractivity contribution >= 4 is 56.7 Å². The molecule has 0 amide bonds. The second kappa shape index (κ2) is 9.47. The molecule has 3 N–H and O–H groups in total. The summed E-state index contributed by atoms with van der Waals surface area (Å²) in [6.07, 6.45) is 0.265. The molecule has 184 valence electrons. The molecule has 1 aliphatic rings. The average Bonchev–Trinajstić information content (AvgIpc) is 3.28. The summed E-state index contributed by atoms with van der Waals surface area (Å²) >= 11 is 12.6. The number of hydrogen-bond donors (Lipinski definition) is 3. The van der Waals surface area contributed by atoms with E-state index in [1.807, 2.05) is 18.2 Å². The topological polar surface area (TPSA) is 129 Å². The van der Waals surface area contributed by atoms with Gasteiger partial charge in [-0.15, -0.1) is 5.23 Å². The Bertz CT molecular complexity index is 1500. The summed E-state index contributed by atoms with van der Waals surface area (Å²) in [5.41, 5.74) is 1.22. The minimum absolute atomic E-state index is 0.175. The third kappa shape index (κ3) is 4.28. The number of hydrazone groups is 1. The molecular formula is C25H18Cl2N4O5-2. The zero-order chi connectivity index (χ0) is 25.6. The number of halogens is 2. The summed E-state index contributed by atoms with van der Waals surface area (Å²) in [6, 6.07) is 19.0. The van der Waals surface area contributed by atoms with Crippen molar-refractivity contribution in [3.63, 3.8) is 0 Å². The van der Waals surface area contributed by atoms with Crippen molar-refractivity contribution in [1.82, 2.24) is 0 Å². The monoisotopic (exact) mass is 524 g/mol. The number of fused-ring (bicyclic) bond motifs is 1. The molecule has 9 nitrogen and oxygen atoms in total. The van der Waals surface area contributed by atoms with Crippen LogP contribution in [-0.4, -0.2) is 21.3 Å². The first kappa shape index (κ1) is 24.1. The predicted octanol–water partition coefficient (Wildman–Crippen LogP) is 5.85. The van der Waals surface area contributed by atoms with Crippen molar-refractivity contribution in [3.05, 3.63) is 99.2 Å². The van der Waals surface area contributed by atoms with Crippen molar-refractivity contribution in [2.24, 2.45) is 5.10 Å². The van der Waals surface area contributed by atoms with Crippen molar-refractivity contribution in [2.75, 3.05) is 15.5 Å². The average molecular weight is 525 g/mol. The second-order valence-electron chi connectivity index (χ2n) is 8.18. The molecule has 11 heteroatoms. The van der Waals surface area contributed by atoms with Crippen LogP contribution in [0.25, 0.3) is 10.8 Å². The summed E-state index contributed by atoms with van der Waals surface area (Å²) in [6.45, 7) is 0. The Morgan fingerprint density at radius 3 is 2.44 bits per heavy atom. The summed E-state index contributed by atoms with van der Waals surface area (Å²) in [4.78, 5) is 0. The third-order valence-electron chi connectivity index (χ3n) is 6.06. The molecule has 1 atom stereocenters. The maximum atomic E-state index is 13.3. The molecule has 0 radical (unpaired) electrons. The van der Waals surface area contributed by atoms with Crippen LogP contribution in [0.2, 0.25) is 10.0 Å². The summed E-state index contributed by atoms with van der Waals surface area (Å²) in [5.74, 6) is -0.182. The van der Waals surface area contributed by atoms with Gasteiger partial charge in [0, 0.05) is 16.5 Å². The Kier molecular flexibility index (Phi) is 6.35. The van der Waals surface area contributed by atoms with Gasteiger partial charge in [-0.25, -0.2) is 0 Å². The Morgan fingerprint density at radius 1 is 0.944 bits per heavy atom. The number of rotatable bonds is 5. The van der Waals surface area contributed by atoms with Gasteiger partial charge in [-0.05, 0) is 52.2 Å². The minimum Gasteiger partial charge on any atom is -0.872 e. The van der Waals surface area contributed by atoms with E-state index >= 15 is 0 Å². The van der Waals surface area contributed by atoms with E-state index in [9.17, 15) is 25.9 Å². The fourth-order valence-electron chi connectivity index (χ4n) is 4.36. The van der Waals surface area contributed by atoms with Gasteiger partial charge in [-0.3, -0.25) is 20.6 Å². The highest BCUT2D eigenvalue weighted by Gasteiger charge is 2.33. The van der Waals surface area contributed by atoms with E-state index in [0.717, 1.165) is 11.5 Å². The number of nitrogens with zero attached hydrogens (tertiary/aromatic N) is 4. The quantitative estimate of drug-likeness (QED) is 0.277. The molecule has 0 saturated heterocycles. The van der Waals surface area contributed by atoms with E-state index < -0.39 is 11.3 Å². The molecule has 0 bridgehead atoms. The van der Waals surface area contributed by atoms with Crippen molar-refractivity contribution in [2.45, 2.75) is 12.5 Å². The standard InChI is InChI=1S/C25H19Cl2N4O5/c26-15-6-9-18(20(27)11-15)23-13-21(19-8-5-14-3-1-2-4-17(14)25(19)32)28-29(23)22-10-7-16(30(33)34)12-24(22)31(35)36/h1-12,23,32-33,35-36H,13H2/q-1/p-1. The van der Waals surface area contributed by atoms with Crippen LogP contribution < -0.4 is 20.6 Å². The van der Waals surface area contributed by atoms with E-state index in [4.69, 9.17) is 28.3 Å². The van der Waals surface area contributed by atoms with Crippen LogP contribution in [0.4, 0.5) is 17.1 Å². The van der Waals surface area contributed by atoms with Crippen LogP contribution in [0.1, 0.15) is 23.6 Å². The van der Waals surface area contributed by atoms with Crippen molar-refractivity contribution in [3.8, 4) is 5.75 Å². The highest BCUT2D eigenvalue weighted by molar-refractivity contribution is 6.35. The lowest BCUT2D eigenvalue weighted by Crippen LogP contribution is -2.23. The van der Waals surface area contributed by atoms with Gasteiger partial charge < -0.3 is 15.5 Å². The second-order valence-corrected chi connectivity index (χ2v) is 9.02. The zero-order valence-electron chi connectivity index (χ0n) is 18.4. The van der Waals surface area contributed by atoms with E-state index in [2.05, 4.69) is 0 Å². The van der Waals surface area contributed by atoms with Crippen molar-refractivity contribution in [1.29, 1.82) is 0 Å². The Hall–Kier alpha value is -3.57. The van der Waals surface area contributed by atoms with Crippen LogP contribution >= 0.6 is 23.2 Å². The molecule has 4 aromatic rings. The van der Waals surface area contributed by atoms with Gasteiger partial charge in [-0.2, -0.15) is 5.10 Å². The molecule has 1 heterocycles. The first-order valence-corrected chi connectivity index (χ1v) is 11.5. The lowest BCUT2D eigenvalue weighted by molar-refractivity contribution is -0.266. The fraction of sp³-hybridized carbons (Fsp3) is 0.0800. The fourth-order valence-corrected chi connectivity index (χ4v) is 4.90. The highest BCUT2D eigenvalue weighted by Crippen LogP contribution is 2.45. The number of hydrogen-bond acceptors (Lipinski definition) is 9. The van der Waals surface area contributed by atoms with Gasteiger partial charge in [0.15, 0.2) is 0 Å². The van der Waals surface area contributed by atoms with Crippen LogP contribution in [-0.2, 0) is 0 Å². The molecular weight excluding hydrogens is 507 g/mol. The molecule has 36 heavy (non-hydrogen) atoms. The summed E-state index contributed by atoms with van der Waals surface area (Å²) in [5, 5.41) is 61.5. The minimum atomic E-state index is -0.558. The molecule has 0 spiro atoms.